The molecule has 0 saturated carbocycles. The summed E-state index contributed by atoms with van der Waals surface area (Å²) >= 11 is 1.62. The molecule has 0 atom stereocenters. The summed E-state index contributed by atoms with van der Waals surface area (Å²) in [6.45, 7) is 2.11. The molecule has 9 aromatic rings. The number of thiazole rings is 1. The molecule has 0 bridgehead atoms. The molecule has 6 aromatic carbocycles. The Morgan fingerprint density at radius 3 is 1.98 bits per heavy atom. The Hall–Kier alpha value is -6.07. The Balaban J connectivity index is 0.00000384. The molecule has 0 fully saturated rings. The maximum absolute atomic E-state index is 4.79. The molecule has 0 saturated heterocycles. The van der Waals surface area contributed by atoms with Crippen LogP contribution in [0.2, 0.25) is 0 Å². The van der Waals surface area contributed by atoms with Gasteiger partial charge >= 0.3 is 0 Å². The predicted octanol–water partition coefficient (Wildman–Crippen LogP) is 11.6. The van der Waals surface area contributed by atoms with Gasteiger partial charge in [-0.05, 0) is 57.9 Å². The van der Waals surface area contributed by atoms with Gasteiger partial charge in [0, 0.05) is 38.5 Å². The Kier molecular flexibility index (Phi) is 8.99. The summed E-state index contributed by atoms with van der Waals surface area (Å²) in [4.78, 5) is 13.9. The Morgan fingerprint density at radius 1 is 0.556 bits per heavy atom. The standard InChI is InChI=1S/C47H30N5S.Pt/c1-4-15-33(16-5-1)44(34-17-6-2-7-18-34)45(36-26-27-40-39-23-10-11-24-41(39)52(42(40)30-36)43-25-12-13-28-48-43)35-19-14-22-38(29-35)51-32-50(37-20-8-3-9-21-37)46-47(51)53-31-49-46;/h1-28,31-32H;/q-3;. The maximum atomic E-state index is 4.79. The van der Waals surface area contributed by atoms with Crippen molar-refractivity contribution in [1.82, 2.24) is 14.5 Å². The molecule has 4 heterocycles. The van der Waals surface area contributed by atoms with Crippen LogP contribution >= 0.6 is 11.3 Å². The molecule has 0 spiro atoms. The summed E-state index contributed by atoms with van der Waals surface area (Å²) < 4.78 is 2.22. The molecule has 54 heavy (non-hydrogen) atoms. The molecule has 10 rings (SSSR count). The number of benzene rings is 6. The third-order valence-electron chi connectivity index (χ3n) is 9.66. The van der Waals surface area contributed by atoms with Crippen molar-refractivity contribution in [3.8, 4) is 5.82 Å². The third kappa shape index (κ3) is 5.85. The van der Waals surface area contributed by atoms with Gasteiger partial charge in [-0.1, -0.05) is 114 Å². The number of para-hydroxylation sites is 2. The van der Waals surface area contributed by atoms with E-state index in [1.54, 1.807) is 11.3 Å². The minimum absolute atomic E-state index is 0. The summed E-state index contributed by atoms with van der Waals surface area (Å²) in [5.74, 6) is 1.76. The van der Waals surface area contributed by atoms with E-state index in [0.717, 1.165) is 83.2 Å². The van der Waals surface area contributed by atoms with E-state index in [-0.39, 0.29) is 21.1 Å². The van der Waals surface area contributed by atoms with Crippen LogP contribution in [0.15, 0.2) is 175 Å². The first-order valence-electron chi connectivity index (χ1n) is 17.5. The largest absolute Gasteiger partial charge is 0.479 e. The first-order chi connectivity index (χ1) is 26.3. The predicted molar refractivity (Wildman–Crippen MR) is 218 cm³/mol. The molecule has 1 aliphatic heterocycles. The second-order valence-corrected chi connectivity index (χ2v) is 13.6. The maximum Gasteiger partial charge on any atom is 0.137 e. The molecule has 0 amide bonds. The normalized spacial score (nSPS) is 12.1. The van der Waals surface area contributed by atoms with E-state index in [9.17, 15) is 0 Å². The molecular formula is C47H30N5PtS-3. The first kappa shape index (κ1) is 33.7. The van der Waals surface area contributed by atoms with Gasteiger partial charge in [-0.2, -0.15) is 0 Å². The molecule has 1 aliphatic rings. The van der Waals surface area contributed by atoms with E-state index in [2.05, 4.69) is 179 Å². The fourth-order valence-electron chi connectivity index (χ4n) is 7.32. The Morgan fingerprint density at radius 2 is 1.24 bits per heavy atom. The number of pyridine rings is 1. The van der Waals surface area contributed by atoms with Gasteiger partial charge in [0.2, 0.25) is 0 Å². The number of nitrogens with zero attached hydrogens (tertiary/aromatic N) is 5. The van der Waals surface area contributed by atoms with Crippen molar-refractivity contribution >= 4 is 66.5 Å². The molecule has 0 aliphatic carbocycles. The number of hydrogen-bond donors (Lipinski definition) is 0. The van der Waals surface area contributed by atoms with Gasteiger partial charge in [0.1, 0.15) is 16.6 Å². The van der Waals surface area contributed by atoms with Crippen LogP contribution < -0.4 is 9.80 Å². The second-order valence-electron chi connectivity index (χ2n) is 12.8. The summed E-state index contributed by atoms with van der Waals surface area (Å²) in [6, 6.07) is 64.8. The SMILES string of the molecule is [Pt].[c-]1c(C(=C(c2ccccc2)c2ccccc2)c2[c-]c3c(cc2)c2ccccc2n3-c2ccccn2)cccc1N1[CH-]N(c2ccccc2)c2ncsc21. The molecule has 262 valence electrons. The number of aromatic nitrogens is 3. The number of rotatable bonds is 7. The summed E-state index contributed by atoms with van der Waals surface area (Å²) in [6.07, 6.45) is 1.84. The third-order valence-corrected chi connectivity index (χ3v) is 10.5. The Labute approximate surface area is 332 Å². The van der Waals surface area contributed by atoms with Gasteiger partial charge in [-0.25, -0.2) is 9.97 Å². The van der Waals surface area contributed by atoms with Crippen LogP contribution in [0.1, 0.15) is 22.3 Å². The van der Waals surface area contributed by atoms with Crippen molar-refractivity contribution < 1.29 is 21.1 Å². The van der Waals surface area contributed by atoms with Crippen molar-refractivity contribution in [3.63, 3.8) is 0 Å². The minimum atomic E-state index is 0. The van der Waals surface area contributed by atoms with Crippen LogP contribution in [0.25, 0.3) is 38.8 Å². The van der Waals surface area contributed by atoms with Crippen molar-refractivity contribution in [2.45, 2.75) is 0 Å². The van der Waals surface area contributed by atoms with E-state index in [0.29, 0.717) is 0 Å². The topological polar surface area (TPSA) is 37.2 Å². The zero-order chi connectivity index (χ0) is 35.1. The quantitative estimate of drug-likeness (QED) is 0.118. The molecule has 7 heteroatoms. The van der Waals surface area contributed by atoms with Gasteiger partial charge < -0.3 is 14.4 Å². The molecule has 0 unspecified atom stereocenters. The average molecular weight is 892 g/mol. The van der Waals surface area contributed by atoms with Gasteiger partial charge in [0.05, 0.1) is 5.51 Å². The number of anilines is 4. The average Bonchev–Trinajstić information content (AvgIpc) is 3.94. The van der Waals surface area contributed by atoms with Gasteiger partial charge in [-0.3, -0.25) is 0 Å². The molecule has 3 aromatic heterocycles. The molecule has 0 radical (unpaired) electrons. The smallest absolute Gasteiger partial charge is 0.137 e. The van der Waals surface area contributed by atoms with Crippen molar-refractivity contribution in [3.05, 3.63) is 217 Å². The number of fused-ring (bicyclic) bond motifs is 4. The first-order valence-corrected chi connectivity index (χ1v) is 18.4. The van der Waals surface area contributed by atoms with Crippen molar-refractivity contribution in [2.24, 2.45) is 0 Å². The fourth-order valence-corrected chi connectivity index (χ4v) is 8.09. The second kappa shape index (κ2) is 14.4. The van der Waals surface area contributed by atoms with Crippen LogP contribution in [-0.4, -0.2) is 14.5 Å². The van der Waals surface area contributed by atoms with Crippen LogP contribution in [0.3, 0.4) is 0 Å². The fraction of sp³-hybridized carbons (Fsp3) is 0. The van der Waals surface area contributed by atoms with Gasteiger partial charge in [-0.15, -0.1) is 77.2 Å². The van der Waals surface area contributed by atoms with E-state index in [1.807, 2.05) is 29.9 Å². The summed E-state index contributed by atoms with van der Waals surface area (Å²) in [5.41, 5.74) is 12.2. The van der Waals surface area contributed by atoms with Gasteiger partial charge in [0.25, 0.3) is 0 Å². The van der Waals surface area contributed by atoms with Crippen LogP contribution in [-0.2, 0) is 21.1 Å². The van der Waals surface area contributed by atoms with Crippen LogP contribution in [0.4, 0.5) is 22.2 Å². The minimum Gasteiger partial charge on any atom is -0.479 e. The zero-order valence-corrected chi connectivity index (χ0v) is 31.9. The monoisotopic (exact) mass is 891 g/mol. The van der Waals surface area contributed by atoms with Gasteiger partial charge in [0.15, 0.2) is 0 Å². The van der Waals surface area contributed by atoms with Crippen LogP contribution in [0, 0.1) is 18.8 Å². The van der Waals surface area contributed by atoms with E-state index in [4.69, 9.17) is 9.97 Å². The van der Waals surface area contributed by atoms with Crippen molar-refractivity contribution in [2.75, 3.05) is 9.80 Å². The van der Waals surface area contributed by atoms with E-state index in [1.165, 1.54) is 0 Å². The van der Waals surface area contributed by atoms with Crippen LogP contribution in [0.5, 0.6) is 0 Å². The number of hydrogen-bond acceptors (Lipinski definition) is 5. The van der Waals surface area contributed by atoms with E-state index >= 15 is 0 Å². The summed E-state index contributed by atoms with van der Waals surface area (Å²) in [5, 5.41) is 3.33. The Bertz CT molecular complexity index is 2720. The molecular weight excluding hydrogens is 862 g/mol. The molecule has 5 nitrogen and oxygen atoms in total. The van der Waals surface area contributed by atoms with E-state index < -0.39 is 0 Å². The summed E-state index contributed by atoms with van der Waals surface area (Å²) in [7, 11) is 0. The van der Waals surface area contributed by atoms with Crippen molar-refractivity contribution in [1.29, 1.82) is 0 Å². The zero-order valence-electron chi connectivity index (χ0n) is 28.8. The molecule has 0 N–H and O–H groups in total.